The summed E-state index contributed by atoms with van der Waals surface area (Å²) in [6.07, 6.45) is 6.40. The predicted molar refractivity (Wildman–Crippen MR) is 220 cm³/mol. The second-order valence-corrected chi connectivity index (χ2v) is 17.3. The zero-order chi connectivity index (χ0) is 36.0. The van der Waals surface area contributed by atoms with Crippen LogP contribution in [0, 0.1) is 41.4 Å². The van der Waals surface area contributed by atoms with Crippen LogP contribution in [0.2, 0.25) is 0 Å². The lowest BCUT2D eigenvalue weighted by atomic mass is 9.76. The minimum atomic E-state index is -0.0140. The Hall–Kier alpha value is -6.00. The number of allylic oxidation sites excluding steroid dienone is 4. The molecule has 1 aromatic heterocycles. The number of hydrogen-bond donors (Lipinski definition) is 0. The molecule has 0 radical (unpaired) electrons. The molecule has 12 rings (SSSR count). The summed E-state index contributed by atoms with van der Waals surface area (Å²) in [7, 11) is 0. The number of rotatable bonds is 3. The van der Waals surface area contributed by atoms with Crippen molar-refractivity contribution in [2.24, 2.45) is 11.8 Å². The van der Waals surface area contributed by atoms with Crippen molar-refractivity contribution < 1.29 is 0 Å². The van der Waals surface area contributed by atoms with Gasteiger partial charge in [0.15, 0.2) is 0 Å². The van der Waals surface area contributed by atoms with E-state index in [9.17, 15) is 10.5 Å². The summed E-state index contributed by atoms with van der Waals surface area (Å²) in [6, 6.07) is 45.7. The zero-order valence-electron chi connectivity index (χ0n) is 30.1. The van der Waals surface area contributed by atoms with Gasteiger partial charge in [-0.25, -0.2) is 0 Å². The van der Waals surface area contributed by atoms with Gasteiger partial charge in [0, 0.05) is 31.5 Å². The standard InChI is InChI=1S/C51H34N2S/c1-27-13-16-36-40(21-27)34-10-3-4-11-35(34)47(36)46-32(26-53)9-6-12-33(46)29-15-20-44-42(22-29)39-19-18-38-41-23-30(45-28(2)7-5-8-31(45)25-52)14-17-37(41)48-43-24-51(43,48)49(38)50(39)54-44/h3-6,8-23,28,43,47-48H,7,24H2,1-2H3. The highest BCUT2D eigenvalue weighted by Crippen LogP contribution is 2.87. The smallest absolute Gasteiger partial charge is 0.0995 e. The van der Waals surface area contributed by atoms with Gasteiger partial charge in [-0.1, -0.05) is 103 Å². The summed E-state index contributed by atoms with van der Waals surface area (Å²) in [6.45, 7) is 4.40. The van der Waals surface area contributed by atoms with Crippen LogP contribution in [0.15, 0.2) is 127 Å². The number of hydrogen-bond acceptors (Lipinski definition) is 3. The fourth-order valence-electron chi connectivity index (χ4n) is 11.0. The number of fused-ring (bicyclic) bond motifs is 12. The van der Waals surface area contributed by atoms with E-state index in [1.165, 1.54) is 82.2 Å². The Bertz CT molecular complexity index is 3030. The predicted octanol–water partition coefficient (Wildman–Crippen LogP) is 13.0. The van der Waals surface area contributed by atoms with Crippen LogP contribution in [-0.2, 0) is 5.41 Å². The van der Waals surface area contributed by atoms with Gasteiger partial charge in [-0.2, -0.15) is 10.5 Å². The molecule has 5 unspecified atom stereocenters. The lowest BCUT2D eigenvalue weighted by Gasteiger charge is -2.28. The molecule has 2 nitrogen and oxygen atoms in total. The topological polar surface area (TPSA) is 47.6 Å². The lowest BCUT2D eigenvalue weighted by molar-refractivity contribution is 0.709. The molecule has 5 aliphatic rings. The van der Waals surface area contributed by atoms with Crippen molar-refractivity contribution in [3.63, 3.8) is 0 Å². The fraction of sp³-hybridized carbons (Fsp3) is 0.176. The normalized spacial score (nSPS) is 23.5. The third-order valence-corrected chi connectivity index (χ3v) is 14.8. The highest BCUT2D eigenvalue weighted by Gasteiger charge is 2.81. The molecule has 2 fully saturated rings. The quantitative estimate of drug-likeness (QED) is 0.184. The number of aryl methyl sites for hydroxylation is 1. The van der Waals surface area contributed by atoms with Gasteiger partial charge >= 0.3 is 0 Å². The SMILES string of the molecule is Cc1ccc2c(c1)-c1ccccc1C2c1c(C#N)cccc1-c1ccc2sc3c4c(ccc3c2c1)-c1cc(C2=C(C#N)C=CCC2C)ccc1C1C2CC421. The van der Waals surface area contributed by atoms with E-state index in [2.05, 4.69) is 129 Å². The van der Waals surface area contributed by atoms with E-state index in [0.29, 0.717) is 11.8 Å². The maximum atomic E-state index is 10.6. The maximum absolute atomic E-state index is 10.6. The second kappa shape index (κ2) is 10.6. The van der Waals surface area contributed by atoms with E-state index in [1.54, 1.807) is 5.56 Å². The van der Waals surface area contributed by atoms with Crippen LogP contribution in [0.4, 0.5) is 0 Å². The van der Waals surface area contributed by atoms with Crippen LogP contribution in [0.3, 0.4) is 0 Å². The van der Waals surface area contributed by atoms with Crippen molar-refractivity contribution in [1.82, 2.24) is 0 Å². The Labute approximate surface area is 319 Å². The van der Waals surface area contributed by atoms with Crippen molar-refractivity contribution in [1.29, 1.82) is 10.5 Å². The first-order chi connectivity index (χ1) is 26.5. The van der Waals surface area contributed by atoms with Crippen LogP contribution in [0.5, 0.6) is 0 Å². The van der Waals surface area contributed by atoms with Gasteiger partial charge in [0.1, 0.15) is 0 Å². The number of nitrogens with zero attached hydrogens (tertiary/aromatic N) is 2. The average Bonchev–Trinajstić information content (AvgIpc) is 4.00. The fourth-order valence-corrected chi connectivity index (χ4v) is 12.3. The van der Waals surface area contributed by atoms with Crippen molar-refractivity contribution >= 4 is 37.1 Å². The third-order valence-electron chi connectivity index (χ3n) is 13.6. The molecule has 0 aliphatic heterocycles. The van der Waals surface area contributed by atoms with E-state index in [4.69, 9.17) is 0 Å². The van der Waals surface area contributed by atoms with E-state index >= 15 is 0 Å². The third kappa shape index (κ3) is 3.83. The first kappa shape index (κ1) is 30.5. The summed E-state index contributed by atoms with van der Waals surface area (Å²) in [5, 5.41) is 23.2. The number of thiophene rings is 1. The molecule has 7 aromatic rings. The number of benzene rings is 6. The summed E-state index contributed by atoms with van der Waals surface area (Å²) in [5.41, 5.74) is 19.7. The molecule has 254 valence electrons. The van der Waals surface area contributed by atoms with Crippen molar-refractivity contribution in [2.45, 2.75) is 43.9 Å². The van der Waals surface area contributed by atoms with Gasteiger partial charge in [-0.15, -0.1) is 11.3 Å². The highest BCUT2D eigenvalue weighted by atomic mass is 32.1. The van der Waals surface area contributed by atoms with Gasteiger partial charge in [-0.3, -0.25) is 0 Å². The first-order valence-electron chi connectivity index (χ1n) is 19.2. The van der Waals surface area contributed by atoms with Crippen LogP contribution in [-0.4, -0.2) is 0 Å². The molecule has 54 heavy (non-hydrogen) atoms. The molecule has 0 saturated heterocycles. The van der Waals surface area contributed by atoms with Crippen molar-refractivity contribution in [3.05, 3.63) is 171 Å². The molecule has 3 heteroatoms. The lowest BCUT2D eigenvalue weighted by Crippen LogP contribution is -2.12. The van der Waals surface area contributed by atoms with Crippen LogP contribution in [0.1, 0.15) is 76.1 Å². The molecule has 1 heterocycles. The number of nitriles is 2. The molecule has 2 saturated carbocycles. The molecule has 0 N–H and O–H groups in total. The van der Waals surface area contributed by atoms with E-state index in [0.717, 1.165) is 40.2 Å². The van der Waals surface area contributed by atoms with E-state index in [-0.39, 0.29) is 11.3 Å². The average molecular weight is 707 g/mol. The minimum absolute atomic E-state index is 0.0140. The zero-order valence-corrected chi connectivity index (χ0v) is 30.9. The van der Waals surface area contributed by atoms with Crippen molar-refractivity contribution in [3.8, 4) is 45.5 Å². The Kier molecular flexibility index (Phi) is 5.96. The van der Waals surface area contributed by atoms with Gasteiger partial charge in [0.05, 0.1) is 23.3 Å². The van der Waals surface area contributed by atoms with E-state index < -0.39 is 0 Å². The molecular weight excluding hydrogens is 673 g/mol. The molecule has 0 bridgehead atoms. The van der Waals surface area contributed by atoms with Crippen LogP contribution < -0.4 is 0 Å². The van der Waals surface area contributed by atoms with Gasteiger partial charge in [0.2, 0.25) is 0 Å². The molecule has 5 atom stereocenters. The molecular formula is C51H34N2S. The summed E-state index contributed by atoms with van der Waals surface area (Å²) >= 11 is 1.95. The molecule has 5 aliphatic carbocycles. The maximum Gasteiger partial charge on any atom is 0.0995 e. The Morgan fingerprint density at radius 3 is 2.39 bits per heavy atom. The second-order valence-electron chi connectivity index (χ2n) is 16.3. The monoisotopic (exact) mass is 706 g/mol. The Balaban J connectivity index is 1.04. The summed E-state index contributed by atoms with van der Waals surface area (Å²) in [5.74, 6) is 1.64. The van der Waals surface area contributed by atoms with Gasteiger partial charge in [-0.05, 0) is 140 Å². The molecule has 6 aromatic carbocycles. The largest absolute Gasteiger partial charge is 0.192 e. The minimum Gasteiger partial charge on any atom is -0.192 e. The molecule has 1 spiro atoms. The van der Waals surface area contributed by atoms with Gasteiger partial charge < -0.3 is 0 Å². The summed E-state index contributed by atoms with van der Waals surface area (Å²) in [4.78, 5) is 0. The molecule has 0 amide bonds. The first-order valence-corrected chi connectivity index (χ1v) is 20.0. The Morgan fingerprint density at radius 1 is 0.704 bits per heavy atom. The van der Waals surface area contributed by atoms with Crippen LogP contribution >= 0.6 is 11.3 Å². The Morgan fingerprint density at radius 2 is 1.52 bits per heavy atom. The van der Waals surface area contributed by atoms with Crippen LogP contribution in [0.25, 0.3) is 59.1 Å². The summed E-state index contributed by atoms with van der Waals surface area (Å²) < 4.78 is 2.75. The highest BCUT2D eigenvalue weighted by molar-refractivity contribution is 7.26. The van der Waals surface area contributed by atoms with Gasteiger partial charge in [0.25, 0.3) is 0 Å². The van der Waals surface area contributed by atoms with Crippen molar-refractivity contribution in [2.75, 3.05) is 0 Å². The van der Waals surface area contributed by atoms with E-state index in [1.807, 2.05) is 29.5 Å².